The van der Waals surface area contributed by atoms with Gasteiger partial charge in [-0.25, -0.2) is 4.98 Å². The van der Waals surface area contributed by atoms with E-state index in [0.717, 1.165) is 33.5 Å². The largest absolute Gasteiger partial charge is 0.497 e. The molecule has 1 heterocycles. The quantitative estimate of drug-likeness (QED) is 0.717. The predicted molar refractivity (Wildman–Crippen MR) is 98.1 cm³/mol. The zero-order chi connectivity index (χ0) is 16.9. The van der Waals surface area contributed by atoms with E-state index in [-0.39, 0.29) is 5.91 Å². The van der Waals surface area contributed by atoms with Crippen LogP contribution >= 0.6 is 11.3 Å². The number of nitrogens with one attached hydrogen (secondary N) is 2. The van der Waals surface area contributed by atoms with E-state index in [2.05, 4.69) is 15.6 Å². The first-order valence-corrected chi connectivity index (χ1v) is 8.26. The lowest BCUT2D eigenvalue weighted by Crippen LogP contribution is -2.05. The number of aromatic nitrogens is 1. The van der Waals surface area contributed by atoms with Crippen molar-refractivity contribution in [2.75, 3.05) is 17.7 Å². The molecule has 1 amide bonds. The van der Waals surface area contributed by atoms with Crippen molar-refractivity contribution in [3.63, 3.8) is 0 Å². The standard InChI is InChI=1S/C18H17N3O2S/c1-12(22)19-14-6-3-5-13(9-14)17-11-24-18(21-17)20-15-7-4-8-16(10-15)23-2/h3-11H,1-2H3,(H,19,22)(H,20,21). The summed E-state index contributed by atoms with van der Waals surface area (Å²) in [6.45, 7) is 1.49. The van der Waals surface area contributed by atoms with Crippen LogP contribution in [0.5, 0.6) is 5.75 Å². The summed E-state index contributed by atoms with van der Waals surface area (Å²) in [5.74, 6) is 0.700. The molecule has 0 radical (unpaired) electrons. The van der Waals surface area contributed by atoms with Gasteiger partial charge in [0.15, 0.2) is 5.13 Å². The summed E-state index contributed by atoms with van der Waals surface area (Å²) in [5, 5.41) is 8.83. The third kappa shape index (κ3) is 3.91. The van der Waals surface area contributed by atoms with E-state index >= 15 is 0 Å². The van der Waals surface area contributed by atoms with Crippen LogP contribution in [0.1, 0.15) is 6.92 Å². The van der Waals surface area contributed by atoms with Crippen molar-refractivity contribution in [1.29, 1.82) is 0 Å². The highest BCUT2D eigenvalue weighted by Gasteiger charge is 2.07. The van der Waals surface area contributed by atoms with E-state index in [0.29, 0.717) is 0 Å². The molecular formula is C18H17N3O2S. The van der Waals surface area contributed by atoms with Crippen LogP contribution in [0.15, 0.2) is 53.9 Å². The van der Waals surface area contributed by atoms with Crippen molar-refractivity contribution in [3.8, 4) is 17.0 Å². The maximum atomic E-state index is 11.2. The summed E-state index contributed by atoms with van der Waals surface area (Å²) in [7, 11) is 1.64. The molecule has 3 aromatic rings. The fourth-order valence-electron chi connectivity index (χ4n) is 2.25. The number of carbonyl (C=O) groups excluding carboxylic acids is 1. The van der Waals surface area contributed by atoms with Crippen molar-refractivity contribution in [2.45, 2.75) is 6.92 Å². The highest BCUT2D eigenvalue weighted by Crippen LogP contribution is 2.29. The van der Waals surface area contributed by atoms with Crippen LogP contribution in [-0.2, 0) is 4.79 Å². The van der Waals surface area contributed by atoms with Gasteiger partial charge >= 0.3 is 0 Å². The van der Waals surface area contributed by atoms with Crippen molar-refractivity contribution >= 4 is 33.8 Å². The summed E-state index contributed by atoms with van der Waals surface area (Å²) in [6, 6.07) is 15.3. The van der Waals surface area contributed by atoms with Crippen molar-refractivity contribution in [3.05, 3.63) is 53.9 Å². The van der Waals surface area contributed by atoms with Crippen LogP contribution < -0.4 is 15.4 Å². The number of amides is 1. The smallest absolute Gasteiger partial charge is 0.221 e. The van der Waals surface area contributed by atoms with E-state index < -0.39 is 0 Å². The number of anilines is 3. The molecule has 0 spiro atoms. The Morgan fingerprint density at radius 2 is 1.92 bits per heavy atom. The Bertz CT molecular complexity index is 861. The van der Waals surface area contributed by atoms with Crippen LogP contribution in [-0.4, -0.2) is 18.0 Å². The molecule has 2 aromatic carbocycles. The molecule has 5 nitrogen and oxygen atoms in total. The first kappa shape index (κ1) is 16.0. The molecule has 0 aliphatic rings. The number of benzene rings is 2. The zero-order valence-electron chi connectivity index (χ0n) is 13.4. The average molecular weight is 339 g/mol. The van der Waals surface area contributed by atoms with Gasteiger partial charge in [0.1, 0.15) is 5.75 Å². The molecule has 0 atom stereocenters. The fraction of sp³-hybridized carbons (Fsp3) is 0.111. The molecule has 1 aromatic heterocycles. The lowest BCUT2D eigenvalue weighted by molar-refractivity contribution is -0.114. The second-order valence-electron chi connectivity index (χ2n) is 5.16. The molecule has 0 saturated heterocycles. The Labute approximate surface area is 144 Å². The number of hydrogen-bond donors (Lipinski definition) is 2. The molecule has 122 valence electrons. The molecule has 0 fully saturated rings. The number of rotatable bonds is 5. The Morgan fingerprint density at radius 3 is 2.71 bits per heavy atom. The normalized spacial score (nSPS) is 10.2. The van der Waals surface area contributed by atoms with Crippen molar-refractivity contribution < 1.29 is 9.53 Å². The molecule has 2 N–H and O–H groups in total. The zero-order valence-corrected chi connectivity index (χ0v) is 14.2. The average Bonchev–Trinajstić information content (AvgIpc) is 3.03. The number of hydrogen-bond acceptors (Lipinski definition) is 5. The minimum Gasteiger partial charge on any atom is -0.497 e. The summed E-state index contributed by atoms with van der Waals surface area (Å²) in [4.78, 5) is 15.8. The van der Waals surface area contributed by atoms with Gasteiger partial charge in [-0.2, -0.15) is 0 Å². The fourth-order valence-corrected chi connectivity index (χ4v) is 2.99. The van der Waals surface area contributed by atoms with Crippen LogP contribution in [0.2, 0.25) is 0 Å². The number of carbonyl (C=O) groups is 1. The molecule has 0 aliphatic carbocycles. The molecule has 0 unspecified atom stereocenters. The van der Waals surface area contributed by atoms with Gasteiger partial charge < -0.3 is 15.4 Å². The number of nitrogens with zero attached hydrogens (tertiary/aromatic N) is 1. The Morgan fingerprint density at radius 1 is 1.12 bits per heavy atom. The highest BCUT2D eigenvalue weighted by atomic mass is 32.1. The monoisotopic (exact) mass is 339 g/mol. The van der Waals surface area contributed by atoms with Gasteiger partial charge in [0, 0.05) is 35.3 Å². The SMILES string of the molecule is COc1cccc(Nc2nc(-c3cccc(NC(C)=O)c3)cs2)c1. The predicted octanol–water partition coefficient (Wildman–Crippen LogP) is 4.52. The lowest BCUT2D eigenvalue weighted by atomic mass is 10.1. The molecule has 0 saturated carbocycles. The van der Waals surface area contributed by atoms with Crippen LogP contribution in [0.25, 0.3) is 11.3 Å². The number of thiazole rings is 1. The third-order valence-electron chi connectivity index (χ3n) is 3.30. The molecule has 3 rings (SSSR count). The minimum absolute atomic E-state index is 0.0918. The van der Waals surface area contributed by atoms with Gasteiger partial charge in [0.2, 0.25) is 5.91 Å². The summed E-state index contributed by atoms with van der Waals surface area (Å²) in [6.07, 6.45) is 0. The van der Waals surface area contributed by atoms with E-state index in [4.69, 9.17) is 4.74 Å². The minimum atomic E-state index is -0.0918. The Balaban J connectivity index is 1.79. The number of ether oxygens (including phenoxy) is 1. The number of methoxy groups -OCH3 is 1. The van der Waals surface area contributed by atoms with E-state index in [9.17, 15) is 4.79 Å². The summed E-state index contributed by atoms with van der Waals surface area (Å²) >= 11 is 1.52. The first-order chi connectivity index (χ1) is 11.6. The molecule has 6 heteroatoms. The van der Waals surface area contributed by atoms with Crippen LogP contribution in [0.3, 0.4) is 0 Å². The first-order valence-electron chi connectivity index (χ1n) is 7.38. The summed E-state index contributed by atoms with van der Waals surface area (Å²) in [5.41, 5.74) is 3.49. The van der Waals surface area contributed by atoms with E-state index in [1.54, 1.807) is 7.11 Å². The topological polar surface area (TPSA) is 63.2 Å². The maximum absolute atomic E-state index is 11.2. The molecular weight excluding hydrogens is 322 g/mol. The van der Waals surface area contributed by atoms with Crippen molar-refractivity contribution in [1.82, 2.24) is 4.98 Å². The maximum Gasteiger partial charge on any atom is 0.221 e. The van der Waals surface area contributed by atoms with E-state index in [1.165, 1.54) is 18.3 Å². The molecule has 0 aliphatic heterocycles. The van der Waals surface area contributed by atoms with Gasteiger partial charge in [-0.3, -0.25) is 4.79 Å². The van der Waals surface area contributed by atoms with Crippen molar-refractivity contribution in [2.24, 2.45) is 0 Å². The second kappa shape index (κ2) is 7.14. The Hall–Kier alpha value is -2.86. The van der Waals surface area contributed by atoms with Gasteiger partial charge in [0.25, 0.3) is 0 Å². The third-order valence-corrected chi connectivity index (χ3v) is 4.06. The van der Waals surface area contributed by atoms with Crippen LogP contribution in [0.4, 0.5) is 16.5 Å². The summed E-state index contributed by atoms with van der Waals surface area (Å²) < 4.78 is 5.22. The van der Waals surface area contributed by atoms with Crippen LogP contribution in [0, 0.1) is 0 Å². The Kier molecular flexibility index (Phi) is 4.77. The molecule has 24 heavy (non-hydrogen) atoms. The van der Waals surface area contributed by atoms with Gasteiger partial charge in [0.05, 0.1) is 12.8 Å². The van der Waals surface area contributed by atoms with Gasteiger partial charge in [-0.1, -0.05) is 18.2 Å². The lowest BCUT2D eigenvalue weighted by Gasteiger charge is -2.05. The van der Waals surface area contributed by atoms with Gasteiger partial charge in [-0.15, -0.1) is 11.3 Å². The van der Waals surface area contributed by atoms with Gasteiger partial charge in [-0.05, 0) is 24.3 Å². The second-order valence-corrected chi connectivity index (χ2v) is 6.01. The molecule has 0 bridgehead atoms. The van der Waals surface area contributed by atoms with E-state index in [1.807, 2.05) is 53.9 Å². The highest BCUT2D eigenvalue weighted by molar-refractivity contribution is 7.14.